The largest absolute Gasteiger partial charge is 0.367 e. The molecule has 0 unspecified atom stereocenters. The van der Waals surface area contributed by atoms with Gasteiger partial charge < -0.3 is 11.1 Å². The topological polar surface area (TPSA) is 63.8 Å². The number of anilines is 1. The Morgan fingerprint density at radius 1 is 1.11 bits per heavy atom. The molecule has 2 aromatic rings. The molecule has 1 heterocycles. The number of hydrogen-bond acceptors (Lipinski definition) is 4. The van der Waals surface area contributed by atoms with E-state index in [1.54, 1.807) is 0 Å². The summed E-state index contributed by atoms with van der Waals surface area (Å²) in [4.78, 5) is 0. The maximum absolute atomic E-state index is 5.44. The van der Waals surface area contributed by atoms with Gasteiger partial charge in [0, 0.05) is 18.7 Å². The third-order valence-corrected chi connectivity index (χ3v) is 2.49. The number of nitrogens with two attached hydrogens (primary N) is 1. The van der Waals surface area contributed by atoms with Crippen LogP contribution in [-0.2, 0) is 0 Å². The smallest absolute Gasteiger partial charge is 0.151 e. The molecule has 4 nitrogen and oxygen atoms in total. The number of aryl methyl sites for hydroxylation is 1. The Balaban J connectivity index is 0.00000162. The molecule has 1 aromatic heterocycles. The molecule has 104 valence electrons. The molecule has 19 heavy (non-hydrogen) atoms. The number of rotatable bonds is 4. The SMILES string of the molecule is Cc1cc(-c2ccccc2)nnc1NCCN.Cl.Cl. The summed E-state index contributed by atoms with van der Waals surface area (Å²) in [6.07, 6.45) is 0. The van der Waals surface area contributed by atoms with Crippen LogP contribution in [0.1, 0.15) is 5.56 Å². The van der Waals surface area contributed by atoms with Crippen LogP contribution in [0.5, 0.6) is 0 Å². The van der Waals surface area contributed by atoms with E-state index in [4.69, 9.17) is 5.73 Å². The summed E-state index contributed by atoms with van der Waals surface area (Å²) in [7, 11) is 0. The van der Waals surface area contributed by atoms with Crippen LogP contribution in [-0.4, -0.2) is 23.3 Å². The Bertz CT molecular complexity index is 491. The quantitative estimate of drug-likeness (QED) is 0.911. The second-order valence-electron chi connectivity index (χ2n) is 3.84. The molecule has 0 radical (unpaired) electrons. The van der Waals surface area contributed by atoms with E-state index < -0.39 is 0 Å². The van der Waals surface area contributed by atoms with Gasteiger partial charge in [-0.05, 0) is 18.6 Å². The van der Waals surface area contributed by atoms with Crippen LogP contribution in [0.3, 0.4) is 0 Å². The average molecular weight is 301 g/mol. The molecule has 0 aliphatic rings. The Morgan fingerprint density at radius 3 is 2.37 bits per heavy atom. The molecule has 1 aromatic carbocycles. The fourth-order valence-corrected chi connectivity index (χ4v) is 1.60. The molecule has 0 aliphatic carbocycles. The van der Waals surface area contributed by atoms with E-state index in [9.17, 15) is 0 Å². The second-order valence-corrected chi connectivity index (χ2v) is 3.84. The zero-order valence-corrected chi connectivity index (χ0v) is 12.3. The summed E-state index contributed by atoms with van der Waals surface area (Å²) in [6, 6.07) is 12.1. The highest BCUT2D eigenvalue weighted by Crippen LogP contribution is 2.19. The van der Waals surface area contributed by atoms with Crippen LogP contribution in [0, 0.1) is 6.92 Å². The normalized spacial score (nSPS) is 9.16. The molecular weight excluding hydrogens is 283 g/mol. The molecule has 0 bridgehead atoms. The number of nitrogens with zero attached hydrogens (tertiary/aromatic N) is 2. The Kier molecular flexibility index (Phi) is 8.07. The molecule has 0 saturated heterocycles. The third-order valence-electron chi connectivity index (χ3n) is 2.49. The van der Waals surface area contributed by atoms with Crippen molar-refractivity contribution in [3.05, 3.63) is 42.0 Å². The minimum Gasteiger partial charge on any atom is -0.367 e. The number of halogens is 2. The van der Waals surface area contributed by atoms with Gasteiger partial charge in [0.25, 0.3) is 0 Å². The maximum Gasteiger partial charge on any atom is 0.151 e. The zero-order chi connectivity index (χ0) is 12.1. The second kappa shape index (κ2) is 8.69. The van der Waals surface area contributed by atoms with Gasteiger partial charge in [-0.3, -0.25) is 0 Å². The van der Waals surface area contributed by atoms with Crippen molar-refractivity contribution in [2.45, 2.75) is 6.92 Å². The zero-order valence-electron chi connectivity index (χ0n) is 10.7. The molecule has 2 rings (SSSR count). The van der Waals surface area contributed by atoms with Crippen molar-refractivity contribution in [2.75, 3.05) is 18.4 Å². The Labute approximate surface area is 125 Å². The highest BCUT2D eigenvalue weighted by Gasteiger charge is 2.04. The van der Waals surface area contributed by atoms with Crippen LogP contribution in [0.4, 0.5) is 5.82 Å². The molecule has 3 N–H and O–H groups in total. The molecule has 6 heteroatoms. The van der Waals surface area contributed by atoms with Gasteiger partial charge in [-0.1, -0.05) is 30.3 Å². The third kappa shape index (κ3) is 4.67. The summed E-state index contributed by atoms with van der Waals surface area (Å²) in [5, 5.41) is 11.5. The Morgan fingerprint density at radius 2 is 1.79 bits per heavy atom. The summed E-state index contributed by atoms with van der Waals surface area (Å²) in [5.74, 6) is 0.801. The lowest BCUT2D eigenvalue weighted by Crippen LogP contribution is -2.15. The van der Waals surface area contributed by atoms with E-state index in [-0.39, 0.29) is 24.8 Å². The van der Waals surface area contributed by atoms with E-state index in [0.717, 1.165) is 22.6 Å². The van der Waals surface area contributed by atoms with Gasteiger partial charge in [0.1, 0.15) is 0 Å². The molecule has 0 amide bonds. The standard InChI is InChI=1S/C13H16N4.2ClH/c1-10-9-12(11-5-3-2-4-6-11)16-17-13(10)15-8-7-14;;/h2-6,9H,7-8,14H2,1H3,(H,15,17);2*1H. The molecule has 0 spiro atoms. The van der Waals surface area contributed by atoms with E-state index >= 15 is 0 Å². The van der Waals surface area contributed by atoms with Crippen molar-refractivity contribution < 1.29 is 0 Å². The molecular formula is C13H18Cl2N4. The van der Waals surface area contributed by atoms with Gasteiger partial charge in [-0.25, -0.2) is 0 Å². The lowest BCUT2D eigenvalue weighted by Gasteiger charge is -2.07. The summed E-state index contributed by atoms with van der Waals surface area (Å²) < 4.78 is 0. The number of aromatic nitrogens is 2. The molecule has 0 aliphatic heterocycles. The average Bonchev–Trinajstić information content (AvgIpc) is 2.38. The first-order valence-corrected chi connectivity index (χ1v) is 5.65. The van der Waals surface area contributed by atoms with Crippen LogP contribution >= 0.6 is 24.8 Å². The van der Waals surface area contributed by atoms with E-state index in [1.165, 1.54) is 0 Å². The van der Waals surface area contributed by atoms with Crippen LogP contribution in [0.2, 0.25) is 0 Å². The summed E-state index contributed by atoms with van der Waals surface area (Å²) >= 11 is 0. The summed E-state index contributed by atoms with van der Waals surface area (Å²) in [6.45, 7) is 3.31. The van der Waals surface area contributed by atoms with Crippen molar-refractivity contribution in [1.29, 1.82) is 0 Å². The fourth-order valence-electron chi connectivity index (χ4n) is 1.60. The highest BCUT2D eigenvalue weighted by atomic mass is 35.5. The number of benzene rings is 1. The van der Waals surface area contributed by atoms with Gasteiger partial charge in [0.2, 0.25) is 0 Å². The predicted octanol–water partition coefficient (Wildman–Crippen LogP) is 2.67. The van der Waals surface area contributed by atoms with Crippen molar-refractivity contribution in [3.63, 3.8) is 0 Å². The molecule has 0 saturated carbocycles. The lowest BCUT2D eigenvalue weighted by atomic mass is 10.1. The monoisotopic (exact) mass is 300 g/mol. The van der Waals surface area contributed by atoms with Gasteiger partial charge >= 0.3 is 0 Å². The van der Waals surface area contributed by atoms with Gasteiger partial charge in [-0.15, -0.1) is 35.0 Å². The predicted molar refractivity (Wildman–Crippen MR) is 84.2 cm³/mol. The number of nitrogens with one attached hydrogen (secondary N) is 1. The summed E-state index contributed by atoms with van der Waals surface area (Å²) in [5.41, 5.74) is 8.48. The minimum atomic E-state index is 0. The first-order chi connectivity index (χ1) is 8.31. The van der Waals surface area contributed by atoms with E-state index in [1.807, 2.05) is 43.3 Å². The molecule has 0 atom stereocenters. The minimum absolute atomic E-state index is 0. The maximum atomic E-state index is 5.44. The van der Waals surface area contributed by atoms with Crippen molar-refractivity contribution in [1.82, 2.24) is 10.2 Å². The first kappa shape index (κ1) is 17.6. The molecule has 0 fully saturated rings. The van der Waals surface area contributed by atoms with Crippen LogP contribution in [0.25, 0.3) is 11.3 Å². The lowest BCUT2D eigenvalue weighted by molar-refractivity contribution is 0.964. The van der Waals surface area contributed by atoms with Gasteiger partial charge in [0.05, 0.1) is 5.69 Å². The highest BCUT2D eigenvalue weighted by molar-refractivity contribution is 5.85. The number of hydrogen-bond donors (Lipinski definition) is 2. The Hall–Kier alpha value is -1.36. The van der Waals surface area contributed by atoms with Gasteiger partial charge in [0.15, 0.2) is 5.82 Å². The van der Waals surface area contributed by atoms with Crippen LogP contribution < -0.4 is 11.1 Å². The van der Waals surface area contributed by atoms with Gasteiger partial charge in [-0.2, -0.15) is 0 Å². The van der Waals surface area contributed by atoms with Crippen molar-refractivity contribution in [3.8, 4) is 11.3 Å². The van der Waals surface area contributed by atoms with Crippen molar-refractivity contribution in [2.24, 2.45) is 5.73 Å². The first-order valence-electron chi connectivity index (χ1n) is 5.65. The van der Waals surface area contributed by atoms with E-state index in [2.05, 4.69) is 15.5 Å². The van der Waals surface area contributed by atoms with E-state index in [0.29, 0.717) is 13.1 Å². The van der Waals surface area contributed by atoms with Crippen molar-refractivity contribution >= 4 is 30.6 Å². The fraction of sp³-hybridized carbons (Fsp3) is 0.231. The van der Waals surface area contributed by atoms with Crippen LogP contribution in [0.15, 0.2) is 36.4 Å².